The molecule has 1 aromatic rings. The topological polar surface area (TPSA) is 50.8 Å². The van der Waals surface area contributed by atoms with Gasteiger partial charge < -0.3 is 19.7 Å². The van der Waals surface area contributed by atoms with Gasteiger partial charge in [0.1, 0.15) is 0 Å². The molecule has 2 heterocycles. The van der Waals surface area contributed by atoms with Gasteiger partial charge in [-0.05, 0) is 31.4 Å². The number of rotatable bonds is 3. The average Bonchev–Trinajstić information content (AvgIpc) is 2.49. The average molecular weight is 304 g/mol. The first kappa shape index (κ1) is 15.3. The highest BCUT2D eigenvalue weighted by Crippen LogP contribution is 2.17. The van der Waals surface area contributed by atoms with Crippen LogP contribution in [0.1, 0.15) is 16.7 Å². The Bertz CT molecular complexity index is 535. The number of aryl methyl sites for hydroxylation is 2. The Morgan fingerprint density at radius 2 is 2.00 bits per heavy atom. The summed E-state index contributed by atoms with van der Waals surface area (Å²) in [6.07, 6.45) is 0.910. The third-order valence-electron chi connectivity index (χ3n) is 4.30. The summed E-state index contributed by atoms with van der Waals surface area (Å²) in [5.41, 5.74) is 3.85. The summed E-state index contributed by atoms with van der Waals surface area (Å²) in [6, 6.07) is 6.45. The van der Waals surface area contributed by atoms with E-state index in [0.717, 1.165) is 6.42 Å². The number of urea groups is 1. The zero-order valence-electron chi connectivity index (χ0n) is 13.3. The molecule has 0 saturated carbocycles. The van der Waals surface area contributed by atoms with E-state index in [-0.39, 0.29) is 18.2 Å². The van der Waals surface area contributed by atoms with Crippen LogP contribution in [0.3, 0.4) is 0 Å². The largest absolute Gasteiger partial charge is 0.376 e. The van der Waals surface area contributed by atoms with Gasteiger partial charge in [-0.15, -0.1) is 0 Å². The van der Waals surface area contributed by atoms with Gasteiger partial charge in [0.25, 0.3) is 0 Å². The van der Waals surface area contributed by atoms with Gasteiger partial charge in [0, 0.05) is 6.54 Å². The van der Waals surface area contributed by atoms with Crippen LogP contribution >= 0.6 is 0 Å². The molecule has 2 bridgehead atoms. The second-order valence-corrected chi connectivity index (χ2v) is 6.23. The molecule has 2 fully saturated rings. The Hall–Kier alpha value is -1.59. The molecule has 0 unspecified atom stereocenters. The van der Waals surface area contributed by atoms with E-state index in [1.54, 1.807) is 0 Å². The molecular formula is C17H24N2O3. The first-order chi connectivity index (χ1) is 10.6. The molecule has 3 rings (SSSR count). The van der Waals surface area contributed by atoms with Crippen LogP contribution in [0.2, 0.25) is 0 Å². The minimum Gasteiger partial charge on any atom is -0.376 e. The number of fused-ring (bicyclic) bond motifs is 2. The third kappa shape index (κ3) is 3.59. The fourth-order valence-corrected chi connectivity index (χ4v) is 3.15. The molecule has 2 aliphatic heterocycles. The van der Waals surface area contributed by atoms with E-state index >= 15 is 0 Å². The first-order valence-electron chi connectivity index (χ1n) is 7.94. The quantitative estimate of drug-likeness (QED) is 0.924. The Morgan fingerprint density at radius 1 is 1.27 bits per heavy atom. The van der Waals surface area contributed by atoms with Crippen LogP contribution in [0.4, 0.5) is 4.79 Å². The van der Waals surface area contributed by atoms with Crippen LogP contribution in [0.15, 0.2) is 18.2 Å². The number of carbonyl (C=O) groups excluding carboxylic acids is 1. The van der Waals surface area contributed by atoms with Gasteiger partial charge in [0.15, 0.2) is 0 Å². The lowest BCUT2D eigenvalue weighted by atomic mass is 10.0. The summed E-state index contributed by atoms with van der Waals surface area (Å²) in [6.45, 7) is 7.28. The van der Waals surface area contributed by atoms with Crippen LogP contribution < -0.4 is 5.32 Å². The van der Waals surface area contributed by atoms with E-state index in [2.05, 4.69) is 37.4 Å². The molecule has 120 valence electrons. The molecule has 0 aliphatic carbocycles. The van der Waals surface area contributed by atoms with Crippen molar-refractivity contribution in [2.45, 2.75) is 32.5 Å². The van der Waals surface area contributed by atoms with Crippen molar-refractivity contribution in [3.05, 3.63) is 34.9 Å². The predicted molar refractivity (Wildman–Crippen MR) is 84.1 cm³/mol. The Balaban J connectivity index is 1.48. The smallest absolute Gasteiger partial charge is 0.317 e. The summed E-state index contributed by atoms with van der Waals surface area (Å²) >= 11 is 0. The maximum absolute atomic E-state index is 12.3. The zero-order valence-corrected chi connectivity index (χ0v) is 13.3. The van der Waals surface area contributed by atoms with Crippen LogP contribution in [0.5, 0.6) is 0 Å². The van der Waals surface area contributed by atoms with E-state index in [0.29, 0.717) is 32.8 Å². The minimum atomic E-state index is 0.00460. The van der Waals surface area contributed by atoms with Gasteiger partial charge in [-0.3, -0.25) is 0 Å². The lowest BCUT2D eigenvalue weighted by Crippen LogP contribution is -2.57. The zero-order chi connectivity index (χ0) is 15.5. The molecular weight excluding hydrogens is 280 g/mol. The molecule has 1 aromatic carbocycles. The number of hydrogen-bond acceptors (Lipinski definition) is 3. The Kier molecular flexibility index (Phi) is 4.64. The van der Waals surface area contributed by atoms with Crippen LogP contribution in [-0.4, -0.2) is 56.0 Å². The lowest BCUT2D eigenvalue weighted by molar-refractivity contribution is -0.171. The molecule has 2 saturated heterocycles. The van der Waals surface area contributed by atoms with Gasteiger partial charge >= 0.3 is 6.03 Å². The summed E-state index contributed by atoms with van der Waals surface area (Å²) < 4.78 is 11.2. The van der Waals surface area contributed by atoms with Gasteiger partial charge in [0.05, 0.1) is 38.5 Å². The number of benzene rings is 1. The Labute approximate surface area is 131 Å². The molecule has 1 N–H and O–H groups in total. The third-order valence-corrected chi connectivity index (χ3v) is 4.30. The number of ether oxygens (including phenoxy) is 2. The molecule has 2 atom stereocenters. The predicted octanol–water partition coefficient (Wildman–Crippen LogP) is 1.66. The maximum Gasteiger partial charge on any atom is 0.317 e. The molecule has 2 amide bonds. The standard InChI is InChI=1S/C17H24N2O3/c1-12-3-4-14(13(2)7-12)5-6-18-17(20)19-8-15-10-21-11-16(9-19)22-15/h3-4,7,15-16H,5-6,8-11H2,1-2H3,(H,18,20)/t15-,16+. The highest BCUT2D eigenvalue weighted by atomic mass is 16.6. The fraction of sp³-hybridized carbons (Fsp3) is 0.588. The molecule has 2 aliphatic rings. The SMILES string of the molecule is Cc1ccc(CCNC(=O)N2C[C@H]3COC[C@@H](C2)O3)c(C)c1. The van der Waals surface area contributed by atoms with Crippen LogP contribution in [-0.2, 0) is 15.9 Å². The maximum atomic E-state index is 12.3. The first-order valence-corrected chi connectivity index (χ1v) is 7.94. The second-order valence-electron chi connectivity index (χ2n) is 6.23. The number of nitrogens with zero attached hydrogens (tertiary/aromatic N) is 1. The molecule has 5 nitrogen and oxygen atoms in total. The number of nitrogens with one attached hydrogen (secondary N) is 1. The van der Waals surface area contributed by atoms with E-state index in [4.69, 9.17) is 9.47 Å². The summed E-state index contributed by atoms with van der Waals surface area (Å²) in [4.78, 5) is 14.1. The number of carbonyl (C=O) groups is 1. The van der Waals surface area contributed by atoms with Crippen molar-refractivity contribution in [2.75, 3.05) is 32.8 Å². The van der Waals surface area contributed by atoms with E-state index in [1.165, 1.54) is 16.7 Å². The molecule has 0 aromatic heterocycles. The van der Waals surface area contributed by atoms with E-state index in [1.807, 2.05) is 4.90 Å². The Morgan fingerprint density at radius 3 is 2.68 bits per heavy atom. The highest BCUT2D eigenvalue weighted by molar-refractivity contribution is 5.74. The van der Waals surface area contributed by atoms with Crippen molar-refractivity contribution < 1.29 is 14.3 Å². The van der Waals surface area contributed by atoms with Gasteiger partial charge in [0.2, 0.25) is 0 Å². The fourth-order valence-electron chi connectivity index (χ4n) is 3.15. The van der Waals surface area contributed by atoms with Gasteiger partial charge in [-0.25, -0.2) is 4.79 Å². The summed E-state index contributed by atoms with van der Waals surface area (Å²) in [5, 5.41) is 3.02. The van der Waals surface area contributed by atoms with E-state index < -0.39 is 0 Å². The molecule has 22 heavy (non-hydrogen) atoms. The van der Waals surface area contributed by atoms with Crippen molar-refractivity contribution in [2.24, 2.45) is 0 Å². The summed E-state index contributed by atoms with van der Waals surface area (Å²) in [5.74, 6) is 0. The molecule has 0 radical (unpaired) electrons. The van der Waals surface area contributed by atoms with Gasteiger partial charge in [-0.2, -0.15) is 0 Å². The monoisotopic (exact) mass is 304 g/mol. The summed E-state index contributed by atoms with van der Waals surface area (Å²) in [7, 11) is 0. The second kappa shape index (κ2) is 6.67. The normalized spacial score (nSPS) is 24.2. The van der Waals surface area contributed by atoms with Crippen molar-refractivity contribution in [1.29, 1.82) is 0 Å². The number of morpholine rings is 1. The minimum absolute atomic E-state index is 0.00460. The molecule has 0 spiro atoms. The van der Waals surface area contributed by atoms with Gasteiger partial charge in [-0.1, -0.05) is 23.8 Å². The van der Waals surface area contributed by atoms with E-state index in [9.17, 15) is 4.79 Å². The van der Waals surface area contributed by atoms with Crippen molar-refractivity contribution in [3.63, 3.8) is 0 Å². The lowest BCUT2D eigenvalue weighted by Gasteiger charge is -2.41. The number of amides is 2. The van der Waals surface area contributed by atoms with Crippen LogP contribution in [0.25, 0.3) is 0 Å². The van der Waals surface area contributed by atoms with Crippen molar-refractivity contribution >= 4 is 6.03 Å². The van der Waals surface area contributed by atoms with Crippen molar-refractivity contribution in [1.82, 2.24) is 10.2 Å². The number of hydrogen-bond donors (Lipinski definition) is 1. The van der Waals surface area contributed by atoms with Crippen molar-refractivity contribution in [3.8, 4) is 0 Å². The highest BCUT2D eigenvalue weighted by Gasteiger charge is 2.33. The van der Waals surface area contributed by atoms with Crippen LogP contribution in [0, 0.1) is 13.8 Å². The molecule has 5 heteroatoms.